The fraction of sp³-hybridized carbons (Fsp3) is 0.455. The summed E-state index contributed by atoms with van der Waals surface area (Å²) in [5.41, 5.74) is 0.0254. The molecular weight excluding hydrogens is 395 g/mol. The Morgan fingerprint density at radius 2 is 1.87 bits per heavy atom. The second-order valence-electron chi connectivity index (χ2n) is 7.84. The van der Waals surface area contributed by atoms with Crippen molar-refractivity contribution in [3.8, 4) is 5.75 Å². The summed E-state index contributed by atoms with van der Waals surface area (Å²) in [4.78, 5) is 20.6. The lowest BCUT2D eigenvalue weighted by Crippen LogP contribution is -2.50. The Hall–Kier alpha value is -2.77. The van der Waals surface area contributed by atoms with Crippen LogP contribution < -0.4 is 9.64 Å². The summed E-state index contributed by atoms with van der Waals surface area (Å²) in [7, 11) is 1.60. The smallest absolute Gasteiger partial charge is 0.433 e. The van der Waals surface area contributed by atoms with Crippen LogP contribution in [0, 0.1) is 5.92 Å². The summed E-state index contributed by atoms with van der Waals surface area (Å²) in [6, 6.07) is 11.4. The fourth-order valence-electron chi connectivity index (χ4n) is 4.44. The molecule has 2 saturated heterocycles. The molecule has 160 valence electrons. The van der Waals surface area contributed by atoms with Crippen molar-refractivity contribution >= 4 is 11.7 Å². The molecule has 2 unspecified atom stereocenters. The number of ether oxygens (including phenoxy) is 1. The van der Waals surface area contributed by atoms with Gasteiger partial charge in [0.2, 0.25) is 5.91 Å². The maximum atomic E-state index is 13.0. The van der Waals surface area contributed by atoms with Crippen molar-refractivity contribution in [1.29, 1.82) is 0 Å². The zero-order valence-electron chi connectivity index (χ0n) is 16.7. The molecule has 3 heterocycles. The molecule has 0 bridgehead atoms. The quantitative estimate of drug-likeness (QED) is 0.757. The summed E-state index contributed by atoms with van der Waals surface area (Å²) in [6.07, 6.45) is -2.39. The molecule has 4 rings (SSSR count). The molecule has 0 spiro atoms. The number of hydrogen-bond acceptors (Lipinski definition) is 4. The van der Waals surface area contributed by atoms with Gasteiger partial charge in [0.15, 0.2) is 0 Å². The van der Waals surface area contributed by atoms with Crippen LogP contribution in [0.5, 0.6) is 5.75 Å². The third-order valence-corrected chi connectivity index (χ3v) is 6.05. The van der Waals surface area contributed by atoms with Gasteiger partial charge in [-0.2, -0.15) is 13.2 Å². The number of fused-ring (bicyclic) bond motifs is 1. The molecule has 2 fully saturated rings. The van der Waals surface area contributed by atoms with E-state index in [1.54, 1.807) is 13.2 Å². The molecule has 8 heteroatoms. The monoisotopic (exact) mass is 419 g/mol. The van der Waals surface area contributed by atoms with Gasteiger partial charge in [0.05, 0.1) is 19.6 Å². The van der Waals surface area contributed by atoms with Crippen molar-refractivity contribution in [2.75, 3.05) is 31.6 Å². The first-order valence-corrected chi connectivity index (χ1v) is 10.1. The van der Waals surface area contributed by atoms with Crippen LogP contribution in [0.1, 0.15) is 24.1 Å². The zero-order valence-corrected chi connectivity index (χ0v) is 16.7. The maximum absolute atomic E-state index is 13.0. The van der Waals surface area contributed by atoms with Crippen molar-refractivity contribution in [2.45, 2.75) is 31.5 Å². The van der Waals surface area contributed by atoms with Gasteiger partial charge in [0.1, 0.15) is 17.3 Å². The standard InChI is InChI=1S/C22H24F3N3O2/c1-30-17-7-5-15(6-8-17)13-21(29)28-12-10-16-9-11-27(14-18(16)28)20-4-2-3-19(26-20)22(23,24)25/h2-8,16,18H,9-14H2,1H3. The molecular formula is C22H24F3N3O2. The largest absolute Gasteiger partial charge is 0.497 e. The summed E-state index contributed by atoms with van der Waals surface area (Å²) < 4.78 is 44.2. The van der Waals surface area contributed by atoms with Gasteiger partial charge in [-0.3, -0.25) is 4.79 Å². The first-order chi connectivity index (χ1) is 14.3. The molecule has 1 amide bonds. The Balaban J connectivity index is 1.46. The lowest BCUT2D eigenvalue weighted by Gasteiger charge is -2.39. The summed E-state index contributed by atoms with van der Waals surface area (Å²) >= 11 is 0. The molecule has 2 aromatic rings. The van der Waals surface area contributed by atoms with E-state index in [0.717, 1.165) is 30.2 Å². The van der Waals surface area contributed by atoms with E-state index in [9.17, 15) is 18.0 Å². The van der Waals surface area contributed by atoms with Gasteiger partial charge in [0, 0.05) is 19.6 Å². The number of carbonyl (C=O) groups excluding carboxylic acids is 1. The highest BCUT2D eigenvalue weighted by Gasteiger charge is 2.41. The highest BCUT2D eigenvalue weighted by molar-refractivity contribution is 5.79. The molecule has 0 saturated carbocycles. The second kappa shape index (κ2) is 8.16. The highest BCUT2D eigenvalue weighted by Crippen LogP contribution is 2.35. The number of hydrogen-bond donors (Lipinski definition) is 0. The number of likely N-dealkylation sites (tertiary alicyclic amines) is 1. The number of nitrogens with zero attached hydrogens (tertiary/aromatic N) is 3. The lowest BCUT2D eigenvalue weighted by molar-refractivity contribution is -0.141. The van der Waals surface area contributed by atoms with Crippen molar-refractivity contribution in [1.82, 2.24) is 9.88 Å². The van der Waals surface area contributed by atoms with Gasteiger partial charge in [-0.05, 0) is 48.6 Å². The molecule has 2 aliphatic rings. The average Bonchev–Trinajstić information content (AvgIpc) is 3.17. The first-order valence-electron chi connectivity index (χ1n) is 10.1. The Morgan fingerprint density at radius 3 is 2.57 bits per heavy atom. The van der Waals surface area contributed by atoms with Crippen LogP contribution >= 0.6 is 0 Å². The molecule has 0 aliphatic carbocycles. The number of halogens is 3. The molecule has 1 aromatic heterocycles. The number of anilines is 1. The predicted octanol–water partition coefficient (Wildman–Crippen LogP) is 3.78. The SMILES string of the molecule is COc1ccc(CC(=O)N2CCC3CCN(c4cccc(C(F)(F)F)n4)CC32)cc1. The van der Waals surface area contributed by atoms with Crippen LogP contribution in [-0.4, -0.2) is 48.6 Å². The van der Waals surface area contributed by atoms with Crippen LogP contribution in [0.25, 0.3) is 0 Å². The minimum Gasteiger partial charge on any atom is -0.497 e. The fourth-order valence-corrected chi connectivity index (χ4v) is 4.44. The summed E-state index contributed by atoms with van der Waals surface area (Å²) in [5, 5.41) is 0. The lowest BCUT2D eigenvalue weighted by atomic mass is 9.92. The number of rotatable bonds is 4. The van der Waals surface area contributed by atoms with E-state index in [2.05, 4.69) is 4.98 Å². The highest BCUT2D eigenvalue weighted by atomic mass is 19.4. The molecule has 0 radical (unpaired) electrons. The number of benzene rings is 1. The van der Waals surface area contributed by atoms with Gasteiger partial charge in [0.25, 0.3) is 0 Å². The number of methoxy groups -OCH3 is 1. The van der Waals surface area contributed by atoms with Crippen molar-refractivity contribution in [2.24, 2.45) is 5.92 Å². The Labute approximate surface area is 173 Å². The van der Waals surface area contributed by atoms with Crippen molar-refractivity contribution in [3.63, 3.8) is 0 Å². The van der Waals surface area contributed by atoms with Gasteiger partial charge in [-0.1, -0.05) is 18.2 Å². The van der Waals surface area contributed by atoms with E-state index >= 15 is 0 Å². The normalized spacial score (nSPS) is 21.5. The van der Waals surface area contributed by atoms with Crippen LogP contribution in [0.2, 0.25) is 0 Å². The molecule has 2 aliphatic heterocycles. The number of alkyl halides is 3. The van der Waals surface area contributed by atoms with E-state index < -0.39 is 11.9 Å². The summed E-state index contributed by atoms with van der Waals surface area (Å²) in [6.45, 7) is 1.84. The number of amides is 1. The minimum absolute atomic E-state index is 0.000779. The molecule has 2 atom stereocenters. The van der Waals surface area contributed by atoms with E-state index in [1.807, 2.05) is 34.1 Å². The van der Waals surface area contributed by atoms with Crippen LogP contribution in [-0.2, 0) is 17.4 Å². The van der Waals surface area contributed by atoms with Gasteiger partial charge in [-0.25, -0.2) is 4.98 Å². The number of carbonyl (C=O) groups is 1. The number of aromatic nitrogens is 1. The molecule has 1 aromatic carbocycles. The molecule has 5 nitrogen and oxygen atoms in total. The van der Waals surface area contributed by atoms with Gasteiger partial charge in [-0.15, -0.1) is 0 Å². The third-order valence-electron chi connectivity index (χ3n) is 6.05. The molecule has 30 heavy (non-hydrogen) atoms. The van der Waals surface area contributed by atoms with Crippen molar-refractivity contribution in [3.05, 3.63) is 53.7 Å². The number of pyridine rings is 1. The Bertz CT molecular complexity index is 901. The van der Waals surface area contributed by atoms with Gasteiger partial charge < -0.3 is 14.5 Å². The minimum atomic E-state index is -4.47. The predicted molar refractivity (Wildman–Crippen MR) is 106 cm³/mol. The number of piperidine rings is 1. The second-order valence-corrected chi connectivity index (χ2v) is 7.84. The van der Waals surface area contributed by atoms with Crippen LogP contribution in [0.15, 0.2) is 42.5 Å². The van der Waals surface area contributed by atoms with Crippen molar-refractivity contribution < 1.29 is 22.7 Å². The van der Waals surface area contributed by atoms with E-state index in [0.29, 0.717) is 37.8 Å². The topological polar surface area (TPSA) is 45.7 Å². The van der Waals surface area contributed by atoms with Crippen LogP contribution in [0.4, 0.5) is 19.0 Å². The Morgan fingerprint density at radius 1 is 1.13 bits per heavy atom. The third kappa shape index (κ3) is 4.22. The van der Waals surface area contributed by atoms with E-state index in [-0.39, 0.29) is 11.9 Å². The van der Waals surface area contributed by atoms with E-state index in [1.165, 1.54) is 6.07 Å². The summed E-state index contributed by atoms with van der Waals surface area (Å²) in [5.74, 6) is 1.49. The maximum Gasteiger partial charge on any atom is 0.433 e. The first kappa shape index (κ1) is 20.5. The average molecular weight is 419 g/mol. The van der Waals surface area contributed by atoms with Gasteiger partial charge >= 0.3 is 6.18 Å². The Kier molecular flexibility index (Phi) is 5.58. The molecule has 0 N–H and O–H groups in total. The van der Waals surface area contributed by atoms with Crippen LogP contribution in [0.3, 0.4) is 0 Å². The van der Waals surface area contributed by atoms with E-state index in [4.69, 9.17) is 4.74 Å². The zero-order chi connectivity index (χ0) is 21.3.